The number of nitrogens with zero attached hydrogens (tertiary/aromatic N) is 1. The Morgan fingerprint density at radius 1 is 1.27 bits per heavy atom. The number of piperidine rings is 1. The first-order chi connectivity index (χ1) is 14.0. The van der Waals surface area contributed by atoms with Gasteiger partial charge in [0, 0.05) is 42.7 Å². The number of carbonyl (C=O) groups excluding carboxylic acids is 2. The molecule has 1 saturated heterocycles. The van der Waals surface area contributed by atoms with Crippen molar-refractivity contribution >= 4 is 11.8 Å². The molecule has 1 aliphatic rings. The van der Waals surface area contributed by atoms with Gasteiger partial charge in [-0.3, -0.25) is 9.59 Å². The monoisotopic (exact) mass is 456 g/mol. The topological polar surface area (TPSA) is 58.6 Å². The van der Waals surface area contributed by atoms with Gasteiger partial charge in [0.15, 0.2) is 5.91 Å². The normalized spacial score (nSPS) is 13.8. The third-order valence-corrected chi connectivity index (χ3v) is 5.22. The van der Waals surface area contributed by atoms with Crippen LogP contribution in [-0.2, 0) is 32.8 Å². The molecule has 0 spiro atoms. The van der Waals surface area contributed by atoms with Crippen molar-refractivity contribution < 1.29 is 31.1 Å². The number of rotatable bonds is 11. The van der Waals surface area contributed by atoms with Gasteiger partial charge in [0.2, 0.25) is 5.91 Å². The Hall–Kier alpha value is -2.05. The molecule has 1 N–H and O–H groups in total. The predicted octanol–water partition coefficient (Wildman–Crippen LogP) is 4.05. The summed E-state index contributed by atoms with van der Waals surface area (Å²) in [6.07, 6.45) is 5.80. The summed E-state index contributed by atoms with van der Waals surface area (Å²) in [5.74, 6) is 1.42. The number of hydrogen-bond acceptors (Lipinski definition) is 3. The van der Waals surface area contributed by atoms with Crippen molar-refractivity contribution in [1.82, 2.24) is 10.2 Å². The fraction of sp³-hybridized carbons (Fsp3) is 0.458. The Labute approximate surface area is 191 Å². The van der Waals surface area contributed by atoms with Gasteiger partial charge in [0.25, 0.3) is 0 Å². The molecule has 0 aromatic heterocycles. The number of nitrogens with one attached hydrogen (secondary N) is 1. The van der Waals surface area contributed by atoms with Crippen LogP contribution >= 0.6 is 0 Å². The van der Waals surface area contributed by atoms with E-state index in [1.54, 1.807) is 12.6 Å². The molecule has 167 valence electrons. The zero-order chi connectivity index (χ0) is 21.1. The van der Waals surface area contributed by atoms with Crippen LogP contribution in [-0.4, -0.2) is 36.4 Å². The molecule has 1 aliphatic heterocycles. The van der Waals surface area contributed by atoms with Gasteiger partial charge < -0.3 is 15.0 Å². The molecule has 0 aliphatic carbocycles. The van der Waals surface area contributed by atoms with Gasteiger partial charge in [-0.25, -0.2) is 6.54 Å². The van der Waals surface area contributed by atoms with E-state index in [1.807, 2.05) is 36.1 Å². The summed E-state index contributed by atoms with van der Waals surface area (Å²) in [5, 5.41) is 2.82. The van der Waals surface area contributed by atoms with Gasteiger partial charge in [0.1, 0.15) is 5.75 Å². The minimum absolute atomic E-state index is 0. The van der Waals surface area contributed by atoms with Crippen LogP contribution in [0.1, 0.15) is 44.6 Å². The number of likely N-dealkylation sites (tertiary alicyclic amines) is 1. The molecule has 0 saturated carbocycles. The average Bonchev–Trinajstić information content (AvgIpc) is 2.73. The number of carbonyl (C=O) groups is 2. The van der Waals surface area contributed by atoms with E-state index in [1.165, 1.54) is 0 Å². The molecule has 0 unspecified atom stereocenters. The van der Waals surface area contributed by atoms with Gasteiger partial charge in [0.05, 0.1) is 6.61 Å². The van der Waals surface area contributed by atoms with Crippen molar-refractivity contribution in [2.24, 2.45) is 5.92 Å². The molecule has 1 fully saturated rings. The summed E-state index contributed by atoms with van der Waals surface area (Å²) in [5.41, 5.74) is 2.02. The van der Waals surface area contributed by atoms with E-state index in [-0.39, 0.29) is 28.6 Å². The molecule has 1 aromatic carbocycles. The molecule has 5 nitrogen and oxygen atoms in total. The predicted molar refractivity (Wildman–Crippen MR) is 116 cm³/mol. The van der Waals surface area contributed by atoms with Crippen molar-refractivity contribution in [2.75, 3.05) is 19.7 Å². The minimum atomic E-state index is 0. The molecule has 0 bridgehead atoms. The van der Waals surface area contributed by atoms with Crippen molar-refractivity contribution in [2.45, 2.75) is 45.4 Å². The van der Waals surface area contributed by atoms with Crippen LogP contribution in [0.25, 0.3) is 0 Å². The maximum absolute atomic E-state index is 12.5. The first kappa shape index (κ1) is 26.0. The molecule has 6 heteroatoms. The Kier molecular flexibility index (Phi) is 12.2. The van der Waals surface area contributed by atoms with Crippen LogP contribution in [0.15, 0.2) is 49.1 Å². The zero-order valence-electron chi connectivity index (χ0n) is 17.8. The minimum Gasteiger partial charge on any atom is -0.505 e. The summed E-state index contributed by atoms with van der Waals surface area (Å²) in [4.78, 5) is 26.5. The molecule has 30 heavy (non-hydrogen) atoms. The van der Waals surface area contributed by atoms with Crippen LogP contribution in [0.5, 0.6) is 5.75 Å². The van der Waals surface area contributed by atoms with Crippen LogP contribution in [0.2, 0.25) is 0 Å². The average molecular weight is 456 g/mol. The standard InChI is InChI=1S/C24H33N2O3.Co/c1-4-19(3)12-15-25-23(27)18-21-13-16-26(17-14-21)24(28)11-8-20-6-9-22(10-7-20)29-5-2;/h4,6-7,9-10,15,21H,1,3,5,8,11-14,16-18H2,2H3,(H,25,27);/q-1;. The first-order valence-corrected chi connectivity index (χ1v) is 10.4. The van der Waals surface area contributed by atoms with Crippen LogP contribution in [0.4, 0.5) is 0 Å². The largest absolute Gasteiger partial charge is 0.505 e. The van der Waals surface area contributed by atoms with E-state index in [2.05, 4.69) is 18.5 Å². The Balaban J connectivity index is 0.00000450. The number of amides is 2. The zero-order valence-corrected chi connectivity index (χ0v) is 18.9. The van der Waals surface area contributed by atoms with E-state index in [4.69, 9.17) is 4.74 Å². The number of aryl methyl sites for hydroxylation is 1. The molecular formula is C24H33CoN2O3-. The van der Waals surface area contributed by atoms with Crippen LogP contribution in [0.3, 0.4) is 0 Å². The van der Waals surface area contributed by atoms with Gasteiger partial charge >= 0.3 is 0 Å². The summed E-state index contributed by atoms with van der Waals surface area (Å²) in [6.45, 7) is 13.3. The van der Waals surface area contributed by atoms with E-state index in [0.29, 0.717) is 31.8 Å². The molecule has 1 heterocycles. The second-order valence-electron chi connectivity index (χ2n) is 7.44. The van der Waals surface area contributed by atoms with E-state index < -0.39 is 0 Å². The summed E-state index contributed by atoms with van der Waals surface area (Å²) < 4.78 is 5.44. The fourth-order valence-electron chi connectivity index (χ4n) is 3.42. The third kappa shape index (κ3) is 9.18. The smallest absolute Gasteiger partial charge is 0.222 e. The SMILES string of the molecule is C=CC(=C)C[CH-]NC(=O)CC1CCN(C(=O)CCc2ccc(OCC)cc2)CC1.[Co]. The number of hydrogen-bond donors (Lipinski definition) is 1. The molecule has 1 radical (unpaired) electrons. The van der Waals surface area contributed by atoms with E-state index >= 15 is 0 Å². The van der Waals surface area contributed by atoms with Crippen molar-refractivity contribution in [3.63, 3.8) is 0 Å². The fourth-order valence-corrected chi connectivity index (χ4v) is 3.42. The summed E-state index contributed by atoms with van der Waals surface area (Å²) >= 11 is 0. The number of allylic oxidation sites excluding steroid dienone is 1. The van der Waals surface area contributed by atoms with Crippen LogP contribution in [0, 0.1) is 12.5 Å². The molecular weight excluding hydrogens is 423 g/mol. The van der Waals surface area contributed by atoms with Crippen LogP contribution < -0.4 is 10.1 Å². The van der Waals surface area contributed by atoms with Crippen molar-refractivity contribution in [3.05, 3.63) is 61.2 Å². The molecule has 2 rings (SSSR count). The second-order valence-corrected chi connectivity index (χ2v) is 7.44. The van der Waals surface area contributed by atoms with E-state index in [0.717, 1.165) is 49.2 Å². The maximum atomic E-state index is 12.5. The quantitative estimate of drug-likeness (QED) is 0.404. The van der Waals surface area contributed by atoms with Crippen molar-refractivity contribution in [1.29, 1.82) is 0 Å². The summed E-state index contributed by atoms with van der Waals surface area (Å²) in [7, 11) is 0. The van der Waals surface area contributed by atoms with Gasteiger partial charge in [-0.2, -0.15) is 0 Å². The summed E-state index contributed by atoms with van der Waals surface area (Å²) in [6, 6.07) is 7.93. The second kappa shape index (κ2) is 14.0. The Morgan fingerprint density at radius 2 is 1.93 bits per heavy atom. The third-order valence-electron chi connectivity index (χ3n) is 5.22. The molecule has 1 aromatic rings. The Morgan fingerprint density at radius 3 is 2.53 bits per heavy atom. The number of benzene rings is 1. The number of ether oxygens (including phenoxy) is 1. The molecule has 0 atom stereocenters. The van der Waals surface area contributed by atoms with E-state index in [9.17, 15) is 9.59 Å². The van der Waals surface area contributed by atoms with Gasteiger partial charge in [-0.05, 0) is 49.8 Å². The van der Waals surface area contributed by atoms with Gasteiger partial charge in [-0.15, -0.1) is 6.42 Å². The Bertz CT molecular complexity index is 695. The molecule has 2 amide bonds. The first-order valence-electron chi connectivity index (χ1n) is 10.4. The van der Waals surface area contributed by atoms with Crippen molar-refractivity contribution in [3.8, 4) is 5.75 Å². The maximum Gasteiger partial charge on any atom is 0.222 e. The van der Waals surface area contributed by atoms with Gasteiger partial charge in [-0.1, -0.05) is 36.9 Å².